The zero-order chi connectivity index (χ0) is 20.1. The number of nitro benzene ring substituents is 1. The standard InChI is InChI=1S/C17H25NO7S/c1-16(2,12-9-13(19)17(3,4)14(12)20)15(26(23,24)25)10-5-7-11(8-6-10)18(21)22/h5-8,12-15,19-20H,9H2,1-4H3,(H,23,24,25)/t12-,13+,14+,15-/m0/s1. The van der Waals surface area contributed by atoms with Gasteiger partial charge in [-0.15, -0.1) is 0 Å². The predicted octanol–water partition coefficient (Wildman–Crippen LogP) is 2.32. The summed E-state index contributed by atoms with van der Waals surface area (Å²) in [7, 11) is -4.59. The maximum Gasteiger partial charge on any atom is 0.272 e. The summed E-state index contributed by atoms with van der Waals surface area (Å²) in [6.07, 6.45) is -1.62. The third-order valence-electron chi connectivity index (χ3n) is 5.82. The minimum Gasteiger partial charge on any atom is -0.392 e. The SMILES string of the molecule is CC1(C)[C@H](O)C[C@H](C(C)(C)[C@H](c2ccc([N+](=O)[O-])cc2)S(=O)(=O)O)[C@H]1O. The monoisotopic (exact) mass is 387 g/mol. The van der Waals surface area contributed by atoms with Gasteiger partial charge in [0.05, 0.1) is 17.1 Å². The molecule has 26 heavy (non-hydrogen) atoms. The van der Waals surface area contributed by atoms with Crippen molar-refractivity contribution in [3.05, 3.63) is 39.9 Å². The van der Waals surface area contributed by atoms with Crippen molar-refractivity contribution in [3.63, 3.8) is 0 Å². The molecule has 0 spiro atoms. The van der Waals surface area contributed by atoms with Crippen LogP contribution in [0, 0.1) is 26.9 Å². The second kappa shape index (κ2) is 6.56. The van der Waals surface area contributed by atoms with E-state index in [1.165, 1.54) is 24.3 Å². The topological polar surface area (TPSA) is 138 Å². The smallest absolute Gasteiger partial charge is 0.272 e. The van der Waals surface area contributed by atoms with Crippen LogP contribution in [-0.4, -0.2) is 40.3 Å². The lowest BCUT2D eigenvalue weighted by Gasteiger charge is -2.40. The van der Waals surface area contributed by atoms with E-state index in [1.54, 1.807) is 27.7 Å². The van der Waals surface area contributed by atoms with E-state index in [-0.39, 0.29) is 17.7 Å². The summed E-state index contributed by atoms with van der Waals surface area (Å²) in [4.78, 5) is 10.2. The number of hydrogen-bond donors (Lipinski definition) is 3. The normalized spacial score (nSPS) is 27.3. The molecule has 9 heteroatoms. The lowest BCUT2D eigenvalue weighted by atomic mass is 9.70. The summed E-state index contributed by atoms with van der Waals surface area (Å²) < 4.78 is 34.2. The molecule has 0 bridgehead atoms. The predicted molar refractivity (Wildman–Crippen MR) is 95.1 cm³/mol. The number of aliphatic hydroxyl groups is 2. The number of aliphatic hydroxyl groups excluding tert-OH is 2. The summed E-state index contributed by atoms with van der Waals surface area (Å²) in [5.74, 6) is -0.602. The molecule has 3 N–H and O–H groups in total. The van der Waals surface area contributed by atoms with Crippen LogP contribution in [0.3, 0.4) is 0 Å². The van der Waals surface area contributed by atoms with Gasteiger partial charge in [0, 0.05) is 17.5 Å². The fourth-order valence-electron chi connectivity index (χ4n) is 4.05. The maximum atomic E-state index is 12.2. The molecule has 0 unspecified atom stereocenters. The maximum absolute atomic E-state index is 12.2. The molecule has 1 aromatic carbocycles. The Morgan fingerprint density at radius 1 is 1.23 bits per heavy atom. The molecule has 1 fully saturated rings. The van der Waals surface area contributed by atoms with Gasteiger partial charge >= 0.3 is 0 Å². The van der Waals surface area contributed by atoms with Crippen LogP contribution in [0.2, 0.25) is 0 Å². The van der Waals surface area contributed by atoms with Gasteiger partial charge in [0.1, 0.15) is 5.25 Å². The first-order valence-electron chi connectivity index (χ1n) is 8.27. The molecule has 1 aliphatic rings. The van der Waals surface area contributed by atoms with Crippen molar-refractivity contribution in [1.82, 2.24) is 0 Å². The van der Waals surface area contributed by atoms with Crippen molar-refractivity contribution in [2.24, 2.45) is 16.7 Å². The second-order valence-corrected chi connectivity index (χ2v) is 9.69. The molecule has 0 radical (unpaired) electrons. The molecule has 1 aromatic rings. The Hall–Kier alpha value is -1.55. The van der Waals surface area contributed by atoms with Crippen molar-refractivity contribution in [3.8, 4) is 0 Å². The molecule has 2 rings (SSSR count). The average molecular weight is 387 g/mol. The Labute approximate surface area is 152 Å². The quantitative estimate of drug-likeness (QED) is 0.400. The van der Waals surface area contributed by atoms with Crippen LogP contribution in [0.15, 0.2) is 24.3 Å². The van der Waals surface area contributed by atoms with Crippen molar-refractivity contribution in [2.75, 3.05) is 0 Å². The highest BCUT2D eigenvalue weighted by Crippen LogP contribution is 2.55. The molecule has 1 saturated carbocycles. The van der Waals surface area contributed by atoms with Crippen LogP contribution in [0.4, 0.5) is 5.69 Å². The van der Waals surface area contributed by atoms with Crippen LogP contribution < -0.4 is 0 Å². The molecule has 146 valence electrons. The Balaban J connectivity index is 2.52. The summed E-state index contributed by atoms with van der Waals surface area (Å²) in [6.45, 7) is 6.61. The summed E-state index contributed by atoms with van der Waals surface area (Å²) in [6, 6.07) is 4.93. The van der Waals surface area contributed by atoms with E-state index < -0.39 is 49.2 Å². The summed E-state index contributed by atoms with van der Waals surface area (Å²) in [5.41, 5.74) is -1.97. The fourth-order valence-corrected chi connectivity index (χ4v) is 5.49. The molecule has 0 aliphatic heterocycles. The largest absolute Gasteiger partial charge is 0.392 e. The van der Waals surface area contributed by atoms with Gasteiger partial charge in [-0.05, 0) is 23.3 Å². The third kappa shape index (κ3) is 3.48. The lowest BCUT2D eigenvalue weighted by molar-refractivity contribution is -0.384. The van der Waals surface area contributed by atoms with Gasteiger partial charge in [-0.1, -0.05) is 39.8 Å². The van der Waals surface area contributed by atoms with E-state index in [1.807, 2.05) is 0 Å². The molecule has 0 amide bonds. The third-order valence-corrected chi connectivity index (χ3v) is 7.29. The van der Waals surface area contributed by atoms with Crippen molar-refractivity contribution >= 4 is 15.8 Å². The van der Waals surface area contributed by atoms with Crippen molar-refractivity contribution < 1.29 is 28.1 Å². The van der Waals surface area contributed by atoms with Crippen LogP contribution in [0.5, 0.6) is 0 Å². The molecule has 8 nitrogen and oxygen atoms in total. The van der Waals surface area contributed by atoms with E-state index in [0.717, 1.165) is 0 Å². The van der Waals surface area contributed by atoms with E-state index in [9.17, 15) is 33.3 Å². The van der Waals surface area contributed by atoms with Gasteiger partial charge in [-0.3, -0.25) is 14.7 Å². The molecular formula is C17H25NO7S. The van der Waals surface area contributed by atoms with E-state index >= 15 is 0 Å². The number of benzene rings is 1. The number of hydrogen-bond acceptors (Lipinski definition) is 6. The number of rotatable bonds is 5. The van der Waals surface area contributed by atoms with Gasteiger partial charge in [0.25, 0.3) is 15.8 Å². The van der Waals surface area contributed by atoms with Crippen molar-refractivity contribution in [2.45, 2.75) is 51.6 Å². The zero-order valence-corrected chi connectivity index (χ0v) is 16.0. The zero-order valence-electron chi connectivity index (χ0n) is 15.2. The molecule has 1 aliphatic carbocycles. The number of nitrogens with zero attached hydrogens (tertiary/aromatic N) is 1. The minimum atomic E-state index is -4.59. The first-order chi connectivity index (χ1) is 11.7. The highest BCUT2D eigenvalue weighted by Gasteiger charge is 2.56. The van der Waals surface area contributed by atoms with Gasteiger partial charge in [0.15, 0.2) is 0 Å². The molecule has 4 atom stereocenters. The van der Waals surface area contributed by atoms with Gasteiger partial charge in [-0.25, -0.2) is 0 Å². The van der Waals surface area contributed by atoms with Crippen LogP contribution in [0.1, 0.15) is 44.9 Å². The molecule has 0 aromatic heterocycles. The van der Waals surface area contributed by atoms with E-state index in [4.69, 9.17) is 0 Å². The first kappa shape index (κ1) is 20.8. The van der Waals surface area contributed by atoms with Gasteiger partial charge < -0.3 is 10.2 Å². The highest BCUT2D eigenvalue weighted by molar-refractivity contribution is 7.86. The Bertz CT molecular complexity index is 786. The molecule has 0 saturated heterocycles. The number of non-ortho nitro benzene ring substituents is 1. The van der Waals surface area contributed by atoms with Crippen LogP contribution in [-0.2, 0) is 10.1 Å². The summed E-state index contributed by atoms with van der Waals surface area (Å²) >= 11 is 0. The minimum absolute atomic E-state index is 0.181. The molecular weight excluding hydrogens is 362 g/mol. The van der Waals surface area contributed by atoms with Crippen LogP contribution >= 0.6 is 0 Å². The van der Waals surface area contributed by atoms with Crippen LogP contribution in [0.25, 0.3) is 0 Å². The van der Waals surface area contributed by atoms with Gasteiger partial charge in [0.2, 0.25) is 0 Å². The van der Waals surface area contributed by atoms with E-state index in [2.05, 4.69) is 0 Å². The Morgan fingerprint density at radius 2 is 1.73 bits per heavy atom. The number of nitro groups is 1. The Kier molecular flexibility index (Phi) is 5.24. The lowest BCUT2D eigenvalue weighted by Crippen LogP contribution is -2.42. The fraction of sp³-hybridized carbons (Fsp3) is 0.647. The average Bonchev–Trinajstić information content (AvgIpc) is 2.70. The van der Waals surface area contributed by atoms with E-state index in [0.29, 0.717) is 0 Å². The Morgan fingerprint density at radius 3 is 2.08 bits per heavy atom. The van der Waals surface area contributed by atoms with Gasteiger partial charge in [-0.2, -0.15) is 8.42 Å². The molecule has 0 heterocycles. The summed E-state index contributed by atoms with van der Waals surface area (Å²) in [5, 5.41) is 30.3. The highest BCUT2D eigenvalue weighted by atomic mass is 32.2. The van der Waals surface area contributed by atoms with Crippen molar-refractivity contribution in [1.29, 1.82) is 0 Å². The first-order valence-corrected chi connectivity index (χ1v) is 9.77. The second-order valence-electron chi connectivity index (χ2n) is 8.19.